The number of nitrogens with one attached hydrogen (secondary N) is 3. The summed E-state index contributed by atoms with van der Waals surface area (Å²) in [5.74, 6) is -2.37. The van der Waals surface area contributed by atoms with E-state index in [1.807, 2.05) is 0 Å². The van der Waals surface area contributed by atoms with E-state index in [-0.39, 0.29) is 25.5 Å². The number of ether oxygens (including phenoxy) is 2. The molecule has 2 saturated carbocycles. The molecule has 1 saturated heterocycles. The number of methoxy groups -OCH3 is 1. The van der Waals surface area contributed by atoms with Crippen LogP contribution in [-0.2, 0) is 22.4 Å². The van der Waals surface area contributed by atoms with Crippen LogP contribution in [0.15, 0.2) is 22.8 Å². The van der Waals surface area contributed by atoms with Crippen molar-refractivity contribution in [1.82, 2.24) is 35.8 Å². The summed E-state index contributed by atoms with van der Waals surface area (Å²) < 4.78 is 76.9. The third-order valence-electron chi connectivity index (χ3n) is 6.70. The molecule has 2 aliphatic carbocycles. The maximum atomic E-state index is 13.5. The number of fused-ring (bicyclic) bond motifs is 1. The summed E-state index contributed by atoms with van der Waals surface area (Å²) in [4.78, 5) is 31.1. The Kier molecular flexibility index (Phi) is 10.7. The molecule has 3 heterocycles. The highest BCUT2D eigenvalue weighted by atomic mass is 19.4. The van der Waals surface area contributed by atoms with Crippen LogP contribution in [0.4, 0.5) is 26.7 Å². The molecular formula is C27H34F5N7O5. The normalized spacial score (nSPS) is 17.7. The van der Waals surface area contributed by atoms with Crippen LogP contribution in [-0.4, -0.2) is 95.8 Å². The van der Waals surface area contributed by atoms with Crippen LogP contribution in [0, 0.1) is 0 Å². The number of aromatic nitrogens is 4. The lowest BCUT2D eigenvalue weighted by Gasteiger charge is -2.32. The van der Waals surface area contributed by atoms with Gasteiger partial charge in [0.05, 0.1) is 36.8 Å². The van der Waals surface area contributed by atoms with E-state index < -0.39 is 37.8 Å². The van der Waals surface area contributed by atoms with Crippen LogP contribution < -0.4 is 10.6 Å². The van der Waals surface area contributed by atoms with Gasteiger partial charge >= 0.3 is 12.2 Å². The molecule has 3 aliphatic rings. The van der Waals surface area contributed by atoms with Crippen molar-refractivity contribution in [3.05, 3.63) is 41.0 Å². The minimum Gasteiger partial charge on any atom is -0.381 e. The lowest BCUT2D eigenvalue weighted by Crippen LogP contribution is -2.56. The third kappa shape index (κ3) is 10.1. The number of urea groups is 1. The first-order valence-electron chi connectivity index (χ1n) is 14.0. The van der Waals surface area contributed by atoms with Crippen molar-refractivity contribution in [2.45, 2.75) is 62.8 Å². The Hall–Kier alpha value is -3.86. The second-order valence-corrected chi connectivity index (χ2v) is 10.6. The van der Waals surface area contributed by atoms with E-state index in [1.54, 1.807) is 32.4 Å². The molecule has 12 nitrogen and oxygen atoms in total. The molecule has 0 unspecified atom stereocenters. The molecule has 3 aromatic rings. The second-order valence-electron chi connectivity index (χ2n) is 10.6. The number of hydrogen-bond donors (Lipinski definition) is 3. The highest BCUT2D eigenvalue weighted by Gasteiger charge is 2.39. The number of carbonyl (C=O) groups excluding carboxylic acids is 2. The predicted molar refractivity (Wildman–Crippen MR) is 145 cm³/mol. The Balaban J connectivity index is 0.000000211. The van der Waals surface area contributed by atoms with Gasteiger partial charge in [-0.05, 0) is 48.5 Å². The fraction of sp³-hybridized carbons (Fsp3) is 0.593. The molecule has 3 amide bonds. The number of amides is 3. The number of alkyl halides is 5. The van der Waals surface area contributed by atoms with Crippen molar-refractivity contribution in [2.75, 3.05) is 40.5 Å². The number of halogens is 5. The lowest BCUT2D eigenvalue weighted by atomic mass is 10.1. The Morgan fingerprint density at radius 2 is 1.95 bits per heavy atom. The highest BCUT2D eigenvalue weighted by molar-refractivity contribution is 5.93. The van der Waals surface area contributed by atoms with Crippen LogP contribution in [0.1, 0.15) is 59.2 Å². The van der Waals surface area contributed by atoms with Gasteiger partial charge in [0, 0.05) is 33.0 Å². The Morgan fingerprint density at radius 3 is 2.57 bits per heavy atom. The summed E-state index contributed by atoms with van der Waals surface area (Å²) >= 11 is 0. The Morgan fingerprint density at radius 1 is 1.20 bits per heavy atom. The van der Waals surface area contributed by atoms with E-state index in [1.165, 1.54) is 12.8 Å². The first kappa shape index (κ1) is 33.0. The van der Waals surface area contributed by atoms with Gasteiger partial charge in [-0.15, -0.1) is 0 Å². The minimum atomic E-state index is -4.37. The van der Waals surface area contributed by atoms with Crippen LogP contribution in [0.2, 0.25) is 0 Å². The minimum absolute atomic E-state index is 0.000407. The molecule has 0 spiro atoms. The molecule has 0 radical (unpaired) electrons. The van der Waals surface area contributed by atoms with Gasteiger partial charge in [-0.25, -0.2) is 23.2 Å². The summed E-state index contributed by atoms with van der Waals surface area (Å²) in [5, 5.41) is 11.9. The number of imidazole rings is 1. The largest absolute Gasteiger partial charge is 0.411 e. The monoisotopic (exact) mass is 631 g/mol. The quantitative estimate of drug-likeness (QED) is 0.238. The number of nitrogens with zero attached hydrogens (tertiary/aromatic N) is 4. The zero-order valence-corrected chi connectivity index (χ0v) is 24.2. The van der Waals surface area contributed by atoms with Gasteiger partial charge in [0.15, 0.2) is 5.69 Å². The van der Waals surface area contributed by atoms with E-state index in [4.69, 9.17) is 4.74 Å². The van der Waals surface area contributed by atoms with Gasteiger partial charge in [0.2, 0.25) is 0 Å². The van der Waals surface area contributed by atoms with Crippen molar-refractivity contribution >= 4 is 23.0 Å². The zero-order chi connectivity index (χ0) is 31.9. The van der Waals surface area contributed by atoms with Crippen LogP contribution in [0.3, 0.4) is 0 Å². The van der Waals surface area contributed by atoms with Crippen LogP contribution >= 0.6 is 0 Å². The molecule has 0 atom stereocenters. The van der Waals surface area contributed by atoms with Gasteiger partial charge < -0.3 is 30.0 Å². The van der Waals surface area contributed by atoms with Gasteiger partial charge in [0.25, 0.3) is 11.8 Å². The number of rotatable bonds is 9. The molecular weight excluding hydrogens is 597 g/mol. The van der Waals surface area contributed by atoms with E-state index in [9.17, 15) is 31.5 Å². The van der Waals surface area contributed by atoms with Gasteiger partial charge in [-0.1, -0.05) is 11.2 Å². The summed E-state index contributed by atoms with van der Waals surface area (Å²) in [6.45, 7) is -2.81. The zero-order valence-electron chi connectivity index (χ0n) is 24.2. The first-order chi connectivity index (χ1) is 20.9. The number of hydrogen-bond acceptors (Lipinski definition) is 8. The average Bonchev–Trinajstić information content (AvgIpc) is 3.91. The van der Waals surface area contributed by atoms with Crippen molar-refractivity contribution in [2.24, 2.45) is 0 Å². The number of H-pyrrole nitrogens is 1. The predicted octanol–water partition coefficient (Wildman–Crippen LogP) is 3.95. The van der Waals surface area contributed by atoms with E-state index >= 15 is 0 Å². The van der Waals surface area contributed by atoms with Crippen molar-refractivity contribution in [3.63, 3.8) is 0 Å². The molecule has 44 heavy (non-hydrogen) atoms. The Bertz CT molecular complexity index is 1410. The molecule has 3 N–H and O–H groups in total. The van der Waals surface area contributed by atoms with Crippen LogP contribution in [0.5, 0.6) is 0 Å². The smallest absolute Gasteiger partial charge is 0.381 e. The molecule has 0 bridgehead atoms. The number of aromatic amines is 1. The molecule has 2 aromatic heterocycles. The van der Waals surface area contributed by atoms with E-state index in [0.29, 0.717) is 45.8 Å². The topological polar surface area (TPSA) is 148 Å². The summed E-state index contributed by atoms with van der Waals surface area (Å²) in [6.07, 6.45) is 1.17. The summed E-state index contributed by atoms with van der Waals surface area (Å²) in [5.41, 5.74) is 2.84. The highest BCUT2D eigenvalue weighted by Crippen LogP contribution is 2.40. The molecule has 242 valence electrons. The SMILES string of the molecule is CNC(=O)c1nonc1C1CC1.COC1CC1.O=C1NCC(F)(F)CN1Cc1ccc2nc(CCOCC(F)(F)F)[nH]c2c1. The van der Waals surface area contributed by atoms with Gasteiger partial charge in [0.1, 0.15) is 18.1 Å². The average molecular weight is 632 g/mol. The molecule has 3 fully saturated rings. The lowest BCUT2D eigenvalue weighted by molar-refractivity contribution is -0.173. The molecule has 6 rings (SSSR count). The standard InChI is InChI=1S/C16H17F5N4O2.C7H9N3O2.C4H8O/c17-15(18)7-22-14(26)25(8-15)6-10-1-2-11-12(5-10)24-13(23-11)3-4-27-9-16(19,20)21;1-8-7(11)6-5(4-2-3-4)9-12-10-6;1-5-4-2-3-4/h1-2,5H,3-4,6-9H2,(H,22,26)(H,23,24);4H,2-3H2,1H3,(H,8,11);4H,2-3H2,1H3. The van der Waals surface area contributed by atoms with Gasteiger partial charge in [-0.2, -0.15) is 13.2 Å². The summed E-state index contributed by atoms with van der Waals surface area (Å²) in [6, 6.07) is 4.42. The summed E-state index contributed by atoms with van der Waals surface area (Å²) in [7, 11) is 3.32. The van der Waals surface area contributed by atoms with Gasteiger partial charge in [-0.3, -0.25) is 4.79 Å². The number of benzene rings is 1. The molecule has 1 aliphatic heterocycles. The third-order valence-corrected chi connectivity index (χ3v) is 6.70. The second kappa shape index (κ2) is 14.3. The Labute approximate surface area is 249 Å². The van der Waals surface area contributed by atoms with E-state index in [2.05, 4.69) is 40.3 Å². The first-order valence-corrected chi connectivity index (χ1v) is 14.0. The van der Waals surface area contributed by atoms with Crippen molar-refractivity contribution in [3.8, 4) is 0 Å². The van der Waals surface area contributed by atoms with E-state index in [0.717, 1.165) is 17.7 Å². The fourth-order valence-electron chi connectivity index (χ4n) is 4.15. The fourth-order valence-corrected chi connectivity index (χ4v) is 4.15. The van der Waals surface area contributed by atoms with Crippen molar-refractivity contribution < 1.29 is 45.6 Å². The number of carbonyl (C=O) groups is 2. The van der Waals surface area contributed by atoms with Crippen molar-refractivity contribution in [1.29, 1.82) is 0 Å². The molecule has 17 heteroatoms. The molecule has 1 aromatic carbocycles. The maximum absolute atomic E-state index is 13.5. The maximum Gasteiger partial charge on any atom is 0.411 e. The van der Waals surface area contributed by atoms with Crippen LogP contribution in [0.25, 0.3) is 11.0 Å².